The molecule has 0 radical (unpaired) electrons. The summed E-state index contributed by atoms with van der Waals surface area (Å²) < 4.78 is 11.0. The molecule has 1 fully saturated rings. The number of carbonyl (C=O) groups excluding carboxylic acids is 3. The van der Waals surface area contributed by atoms with Crippen molar-refractivity contribution in [2.24, 2.45) is 0 Å². The number of carbonyl (C=O) groups is 3. The molecule has 0 N–H and O–H groups in total. The molecule has 0 spiro atoms. The highest BCUT2D eigenvalue weighted by Crippen LogP contribution is 2.33. The molecule has 0 aliphatic carbocycles. The van der Waals surface area contributed by atoms with Crippen LogP contribution in [0, 0.1) is 6.92 Å². The van der Waals surface area contributed by atoms with Gasteiger partial charge in [-0.2, -0.15) is 4.37 Å². The number of hydrogen-bond acceptors (Lipinski definition) is 6. The van der Waals surface area contributed by atoms with Gasteiger partial charge >= 0.3 is 0 Å². The van der Waals surface area contributed by atoms with E-state index in [1.54, 1.807) is 28.9 Å². The SMILES string of the molecule is Cc1ccc2snc(C(=O)N3CCN(C(=O)CN4C(=O)C(C)Oc5ccccc54)CC3)c2c1. The van der Waals surface area contributed by atoms with Gasteiger partial charge in [-0.05, 0) is 49.6 Å². The molecule has 3 heterocycles. The van der Waals surface area contributed by atoms with Gasteiger partial charge in [0.15, 0.2) is 6.10 Å². The average molecular weight is 465 g/mol. The smallest absolute Gasteiger partial charge is 0.274 e. The Balaban J connectivity index is 1.25. The number of anilines is 1. The Kier molecular flexibility index (Phi) is 5.49. The van der Waals surface area contributed by atoms with Gasteiger partial charge in [0.05, 0.1) is 10.4 Å². The van der Waals surface area contributed by atoms with Gasteiger partial charge in [-0.25, -0.2) is 0 Å². The van der Waals surface area contributed by atoms with Crippen molar-refractivity contribution in [1.82, 2.24) is 14.2 Å². The van der Waals surface area contributed by atoms with Crippen LogP contribution in [0.25, 0.3) is 10.1 Å². The van der Waals surface area contributed by atoms with E-state index in [2.05, 4.69) is 4.37 Å². The lowest BCUT2D eigenvalue weighted by Gasteiger charge is -2.37. The molecule has 0 saturated carbocycles. The first kappa shape index (κ1) is 21.4. The zero-order valence-electron chi connectivity index (χ0n) is 18.5. The second-order valence-electron chi connectivity index (χ2n) is 8.36. The number of amides is 3. The van der Waals surface area contributed by atoms with Gasteiger partial charge in [-0.15, -0.1) is 0 Å². The second-order valence-corrected chi connectivity index (χ2v) is 9.16. The van der Waals surface area contributed by atoms with Crippen LogP contribution in [0.3, 0.4) is 0 Å². The molecular weight excluding hydrogens is 440 g/mol. The minimum absolute atomic E-state index is 0.0481. The maximum Gasteiger partial charge on any atom is 0.274 e. The van der Waals surface area contributed by atoms with E-state index in [9.17, 15) is 14.4 Å². The van der Waals surface area contributed by atoms with Crippen molar-refractivity contribution in [3.05, 3.63) is 53.7 Å². The van der Waals surface area contributed by atoms with E-state index >= 15 is 0 Å². The third kappa shape index (κ3) is 3.93. The lowest BCUT2D eigenvalue weighted by molar-refractivity contribution is -0.134. The summed E-state index contributed by atoms with van der Waals surface area (Å²) in [6.07, 6.45) is -0.640. The van der Waals surface area contributed by atoms with E-state index in [-0.39, 0.29) is 24.3 Å². The molecule has 9 heteroatoms. The van der Waals surface area contributed by atoms with Crippen LogP contribution in [-0.4, -0.2) is 70.7 Å². The van der Waals surface area contributed by atoms with Crippen LogP contribution in [0.15, 0.2) is 42.5 Å². The van der Waals surface area contributed by atoms with Crippen LogP contribution < -0.4 is 9.64 Å². The Morgan fingerprint density at radius 2 is 1.82 bits per heavy atom. The fourth-order valence-electron chi connectivity index (χ4n) is 4.27. The molecule has 1 aromatic heterocycles. The summed E-state index contributed by atoms with van der Waals surface area (Å²) in [5.41, 5.74) is 2.16. The standard InChI is InChI=1S/C24H24N4O4S/c1-15-7-8-20-17(13-15)22(25-33-20)24(31)27-11-9-26(10-12-27)21(29)14-28-18-5-3-4-6-19(18)32-16(2)23(28)30/h3-8,13,16H,9-12,14H2,1-2H3. The van der Waals surface area contributed by atoms with Crippen LogP contribution >= 0.6 is 11.5 Å². The maximum absolute atomic E-state index is 13.1. The Bertz CT molecular complexity index is 1250. The predicted octanol–water partition coefficient (Wildman–Crippen LogP) is 2.70. The molecule has 0 bridgehead atoms. The number of benzene rings is 2. The molecule has 5 rings (SSSR count). The summed E-state index contributed by atoms with van der Waals surface area (Å²) in [6.45, 7) is 5.33. The third-order valence-corrected chi connectivity index (χ3v) is 6.94. The summed E-state index contributed by atoms with van der Waals surface area (Å²) >= 11 is 1.32. The van der Waals surface area contributed by atoms with Gasteiger partial charge < -0.3 is 14.5 Å². The highest BCUT2D eigenvalue weighted by molar-refractivity contribution is 7.13. The van der Waals surface area contributed by atoms with E-state index in [4.69, 9.17) is 4.74 Å². The zero-order chi connectivity index (χ0) is 23.1. The van der Waals surface area contributed by atoms with Gasteiger partial charge in [-0.3, -0.25) is 19.3 Å². The third-order valence-electron chi connectivity index (χ3n) is 6.11. The second kappa shape index (κ2) is 8.47. The Labute approximate surface area is 195 Å². The summed E-state index contributed by atoms with van der Waals surface area (Å²) in [6, 6.07) is 13.2. The molecule has 2 aliphatic rings. The predicted molar refractivity (Wildman–Crippen MR) is 126 cm³/mol. The van der Waals surface area contributed by atoms with Crippen molar-refractivity contribution in [2.75, 3.05) is 37.6 Å². The maximum atomic E-state index is 13.1. The first-order chi connectivity index (χ1) is 15.9. The minimum Gasteiger partial charge on any atom is -0.479 e. The fraction of sp³-hybridized carbons (Fsp3) is 0.333. The Hall–Kier alpha value is -3.46. The van der Waals surface area contributed by atoms with Crippen LogP contribution in [0.4, 0.5) is 5.69 Å². The van der Waals surface area contributed by atoms with Crippen molar-refractivity contribution in [2.45, 2.75) is 20.0 Å². The highest BCUT2D eigenvalue weighted by Gasteiger charge is 2.34. The van der Waals surface area contributed by atoms with Crippen molar-refractivity contribution in [3.8, 4) is 5.75 Å². The van der Waals surface area contributed by atoms with Gasteiger partial charge in [0, 0.05) is 31.6 Å². The number of fused-ring (bicyclic) bond motifs is 2. The summed E-state index contributed by atoms with van der Waals surface area (Å²) in [4.78, 5) is 43.8. The highest BCUT2D eigenvalue weighted by atomic mass is 32.1. The van der Waals surface area contributed by atoms with Crippen molar-refractivity contribution < 1.29 is 19.1 Å². The molecule has 170 valence electrons. The molecule has 1 saturated heterocycles. The minimum atomic E-state index is -0.640. The molecule has 3 aromatic rings. The molecule has 2 aromatic carbocycles. The molecule has 1 unspecified atom stereocenters. The number of rotatable bonds is 3. The molecular formula is C24H24N4O4S. The molecule has 8 nitrogen and oxygen atoms in total. The quantitative estimate of drug-likeness (QED) is 0.595. The van der Waals surface area contributed by atoms with Gasteiger partial charge in [0.25, 0.3) is 11.8 Å². The Morgan fingerprint density at radius 3 is 2.61 bits per heavy atom. The summed E-state index contributed by atoms with van der Waals surface area (Å²) in [5.74, 6) is 0.110. The number of hydrogen-bond donors (Lipinski definition) is 0. The van der Waals surface area contributed by atoms with E-state index in [0.717, 1.165) is 15.6 Å². The number of piperazine rings is 1. The van der Waals surface area contributed by atoms with Gasteiger partial charge in [0.2, 0.25) is 5.91 Å². The number of ether oxygens (including phenoxy) is 1. The van der Waals surface area contributed by atoms with Crippen LogP contribution in [0.2, 0.25) is 0 Å². The molecule has 3 amide bonds. The normalized spacial score (nSPS) is 18.3. The molecule has 33 heavy (non-hydrogen) atoms. The van der Waals surface area contributed by atoms with Crippen molar-refractivity contribution in [3.63, 3.8) is 0 Å². The monoisotopic (exact) mass is 464 g/mol. The fourth-order valence-corrected chi connectivity index (χ4v) is 5.02. The summed E-state index contributed by atoms with van der Waals surface area (Å²) in [5, 5.41) is 0.877. The number of aromatic nitrogens is 1. The number of aryl methyl sites for hydroxylation is 1. The van der Waals surface area contributed by atoms with Crippen molar-refractivity contribution in [1.29, 1.82) is 0 Å². The van der Waals surface area contributed by atoms with Crippen LogP contribution in [0.5, 0.6) is 5.75 Å². The zero-order valence-corrected chi connectivity index (χ0v) is 19.3. The van der Waals surface area contributed by atoms with E-state index in [0.29, 0.717) is 43.3 Å². The first-order valence-electron chi connectivity index (χ1n) is 10.9. The largest absolute Gasteiger partial charge is 0.479 e. The molecule has 1 atom stereocenters. The lowest BCUT2D eigenvalue weighted by Crippen LogP contribution is -2.54. The van der Waals surface area contributed by atoms with Gasteiger partial charge in [0.1, 0.15) is 18.0 Å². The number of para-hydroxylation sites is 2. The lowest BCUT2D eigenvalue weighted by atomic mass is 10.1. The van der Waals surface area contributed by atoms with Crippen LogP contribution in [0.1, 0.15) is 23.0 Å². The first-order valence-corrected chi connectivity index (χ1v) is 11.7. The van der Waals surface area contributed by atoms with Gasteiger partial charge in [-0.1, -0.05) is 23.8 Å². The topological polar surface area (TPSA) is 83.1 Å². The average Bonchev–Trinajstić information content (AvgIpc) is 3.24. The molecule has 2 aliphatic heterocycles. The van der Waals surface area contributed by atoms with E-state index in [1.165, 1.54) is 16.4 Å². The summed E-state index contributed by atoms with van der Waals surface area (Å²) in [7, 11) is 0. The van der Waals surface area contributed by atoms with Crippen molar-refractivity contribution >= 4 is 45.0 Å². The van der Waals surface area contributed by atoms with Crippen LogP contribution in [-0.2, 0) is 9.59 Å². The number of nitrogens with zero attached hydrogens (tertiary/aromatic N) is 4. The van der Waals surface area contributed by atoms with E-state index < -0.39 is 6.10 Å². The van der Waals surface area contributed by atoms with E-state index in [1.807, 2.05) is 37.3 Å². The Morgan fingerprint density at radius 1 is 1.09 bits per heavy atom.